The number of nitrogens with one attached hydrogen (secondary N) is 1. The average molecular weight is 514 g/mol. The molecule has 1 aliphatic rings. The van der Waals surface area contributed by atoms with Gasteiger partial charge in [0, 0.05) is 41.9 Å². The molecule has 1 amide bonds. The van der Waals surface area contributed by atoms with E-state index in [1.54, 1.807) is 22.9 Å². The van der Waals surface area contributed by atoms with Gasteiger partial charge in [0.15, 0.2) is 5.82 Å². The van der Waals surface area contributed by atoms with Crippen LogP contribution in [0, 0.1) is 18.8 Å². The molecule has 2 atom stereocenters. The zero-order chi connectivity index (χ0) is 27.0. The van der Waals surface area contributed by atoms with Crippen LogP contribution >= 0.6 is 0 Å². The van der Waals surface area contributed by atoms with E-state index in [1.807, 2.05) is 52.4 Å². The number of rotatable bonds is 5. The highest BCUT2D eigenvalue weighted by Gasteiger charge is 2.23. The Kier molecular flexibility index (Phi) is 6.77. The van der Waals surface area contributed by atoms with Gasteiger partial charge in [-0.15, -0.1) is 5.10 Å². The van der Waals surface area contributed by atoms with Gasteiger partial charge in [0.2, 0.25) is 0 Å². The molecule has 4 aromatic rings. The van der Waals surface area contributed by atoms with Crippen molar-refractivity contribution < 1.29 is 9.32 Å². The first-order chi connectivity index (χ1) is 18.1. The number of nitrogens with zero attached hydrogens (tertiary/aromatic N) is 6. The molecule has 1 aromatic carbocycles. The van der Waals surface area contributed by atoms with E-state index in [2.05, 4.69) is 50.6 Å². The first-order valence-corrected chi connectivity index (χ1v) is 13.1. The molecule has 0 saturated carbocycles. The Morgan fingerprint density at radius 1 is 1.08 bits per heavy atom. The van der Waals surface area contributed by atoms with Gasteiger partial charge in [-0.05, 0) is 48.9 Å². The molecule has 2 unspecified atom stereocenters. The highest BCUT2D eigenvalue weighted by atomic mass is 16.5. The lowest BCUT2D eigenvalue weighted by Crippen LogP contribution is -2.38. The fourth-order valence-corrected chi connectivity index (χ4v) is 5.00. The molecule has 38 heavy (non-hydrogen) atoms. The van der Waals surface area contributed by atoms with Gasteiger partial charge in [-0.1, -0.05) is 51.1 Å². The summed E-state index contributed by atoms with van der Waals surface area (Å²) >= 11 is 0. The van der Waals surface area contributed by atoms with E-state index in [0.29, 0.717) is 29.0 Å². The lowest BCUT2D eigenvalue weighted by Gasteiger charge is -2.36. The molecule has 9 nitrogen and oxygen atoms in total. The summed E-state index contributed by atoms with van der Waals surface area (Å²) in [6.07, 6.45) is 6.86. The van der Waals surface area contributed by atoms with Gasteiger partial charge in [-0.25, -0.2) is 4.68 Å². The summed E-state index contributed by atoms with van der Waals surface area (Å²) in [5.41, 5.74) is 4.77. The number of pyridine rings is 1. The molecule has 9 heteroatoms. The molecule has 5 rings (SSSR count). The molecule has 0 radical (unpaired) electrons. The predicted molar refractivity (Wildman–Crippen MR) is 148 cm³/mol. The zero-order valence-corrected chi connectivity index (χ0v) is 22.9. The third kappa shape index (κ3) is 5.46. The van der Waals surface area contributed by atoms with Gasteiger partial charge in [0.1, 0.15) is 11.5 Å². The molecular weight excluding hydrogens is 478 g/mol. The summed E-state index contributed by atoms with van der Waals surface area (Å²) in [7, 11) is 0. The molecular formula is C29H35N7O2. The molecule has 3 aromatic heterocycles. The van der Waals surface area contributed by atoms with Crippen LogP contribution in [0.15, 0.2) is 53.4 Å². The topological polar surface area (TPSA) is 102 Å². The highest BCUT2D eigenvalue weighted by Crippen LogP contribution is 2.29. The number of amides is 1. The maximum atomic E-state index is 13.0. The van der Waals surface area contributed by atoms with Crippen LogP contribution < -0.4 is 10.2 Å². The molecule has 1 fully saturated rings. The van der Waals surface area contributed by atoms with Gasteiger partial charge in [0.05, 0.1) is 23.8 Å². The minimum Gasteiger partial charge on any atom is -0.370 e. The Morgan fingerprint density at radius 3 is 2.55 bits per heavy atom. The Hall–Kier alpha value is -4.01. The van der Waals surface area contributed by atoms with E-state index < -0.39 is 0 Å². The smallest absolute Gasteiger partial charge is 0.256 e. The number of piperidine rings is 1. The molecule has 1 saturated heterocycles. The van der Waals surface area contributed by atoms with Crippen molar-refractivity contribution in [3.8, 4) is 16.9 Å². The largest absolute Gasteiger partial charge is 0.370 e. The van der Waals surface area contributed by atoms with Crippen LogP contribution in [0.4, 0.5) is 11.5 Å². The molecule has 1 N–H and O–H groups in total. The Bertz CT molecular complexity index is 1440. The number of aryl methyl sites for hydroxylation is 1. The minimum atomic E-state index is -0.276. The summed E-state index contributed by atoms with van der Waals surface area (Å²) in [6, 6.07) is 9.37. The van der Waals surface area contributed by atoms with Crippen LogP contribution in [0.25, 0.3) is 16.9 Å². The van der Waals surface area contributed by atoms with Crippen LogP contribution in [0.5, 0.6) is 0 Å². The van der Waals surface area contributed by atoms with Crippen molar-refractivity contribution in [2.75, 3.05) is 23.3 Å². The summed E-state index contributed by atoms with van der Waals surface area (Å²) in [6.45, 7) is 14.7. The van der Waals surface area contributed by atoms with Gasteiger partial charge in [0.25, 0.3) is 5.91 Å². The van der Waals surface area contributed by atoms with E-state index in [1.165, 1.54) is 6.42 Å². The lowest BCUT2D eigenvalue weighted by molar-refractivity contribution is 0.102. The normalized spacial score (nSPS) is 18.0. The molecule has 0 bridgehead atoms. The van der Waals surface area contributed by atoms with Crippen LogP contribution in [0.3, 0.4) is 0 Å². The number of aromatic nitrogens is 5. The van der Waals surface area contributed by atoms with Crippen molar-refractivity contribution in [1.29, 1.82) is 0 Å². The summed E-state index contributed by atoms with van der Waals surface area (Å²) in [5, 5.41) is 15.6. The Labute approximate surface area is 223 Å². The lowest BCUT2D eigenvalue weighted by atomic mass is 9.91. The second kappa shape index (κ2) is 10.0. The van der Waals surface area contributed by atoms with Crippen LogP contribution in [0.1, 0.15) is 62.7 Å². The van der Waals surface area contributed by atoms with Crippen molar-refractivity contribution in [3.63, 3.8) is 0 Å². The Balaban J connectivity index is 1.36. The van der Waals surface area contributed by atoms with Gasteiger partial charge >= 0.3 is 0 Å². The van der Waals surface area contributed by atoms with Gasteiger partial charge in [-0.3, -0.25) is 9.78 Å². The quantitative estimate of drug-likeness (QED) is 0.367. The van der Waals surface area contributed by atoms with E-state index >= 15 is 0 Å². The second-order valence-corrected chi connectivity index (χ2v) is 11.6. The van der Waals surface area contributed by atoms with Gasteiger partial charge in [-0.2, -0.15) is 0 Å². The maximum absolute atomic E-state index is 13.0. The highest BCUT2D eigenvalue weighted by molar-refractivity contribution is 6.04. The third-order valence-electron chi connectivity index (χ3n) is 6.96. The van der Waals surface area contributed by atoms with Crippen LogP contribution in [-0.2, 0) is 5.41 Å². The summed E-state index contributed by atoms with van der Waals surface area (Å²) in [5.74, 6) is 2.12. The maximum Gasteiger partial charge on any atom is 0.256 e. The molecule has 198 valence electrons. The first-order valence-electron chi connectivity index (χ1n) is 13.1. The number of carbonyl (C=O) groups is 1. The number of carbonyl (C=O) groups excluding carboxylic acids is 1. The summed E-state index contributed by atoms with van der Waals surface area (Å²) in [4.78, 5) is 19.9. The van der Waals surface area contributed by atoms with E-state index in [9.17, 15) is 4.79 Å². The molecule has 1 aliphatic heterocycles. The molecule has 0 aliphatic carbocycles. The SMILES string of the molecule is Cc1ccc(C(=O)Nc2cc(C(C)(C)C)on2)cc1-n1cc(-c2cncc(N3CC(C)CC(C)C3)c2)nn1. The van der Waals surface area contributed by atoms with E-state index in [4.69, 9.17) is 4.52 Å². The number of hydrogen-bond donors (Lipinski definition) is 1. The second-order valence-electron chi connectivity index (χ2n) is 11.6. The standard InChI is InChI=1S/C29H35N7O2/c1-18-9-19(2)16-35(15-18)23-10-22(13-30-14-23)24-17-36(34-32-24)25-11-21(8-7-20(25)3)28(37)31-27-12-26(38-33-27)29(4,5)6/h7-8,10-14,17-19H,9,15-16H2,1-6H3,(H,31,33,37). The number of anilines is 2. The van der Waals surface area contributed by atoms with Gasteiger partial charge < -0.3 is 14.7 Å². The van der Waals surface area contributed by atoms with Crippen LogP contribution in [0.2, 0.25) is 0 Å². The van der Waals surface area contributed by atoms with Crippen molar-refractivity contribution in [1.82, 2.24) is 25.1 Å². The zero-order valence-electron chi connectivity index (χ0n) is 22.9. The first kappa shape index (κ1) is 25.6. The van der Waals surface area contributed by atoms with Crippen LogP contribution in [-0.4, -0.2) is 44.1 Å². The number of benzene rings is 1. The average Bonchev–Trinajstić information content (AvgIpc) is 3.54. The minimum absolute atomic E-state index is 0.197. The number of hydrogen-bond acceptors (Lipinski definition) is 7. The van der Waals surface area contributed by atoms with Crippen molar-refractivity contribution in [3.05, 3.63) is 65.8 Å². The molecule has 0 spiro atoms. The third-order valence-corrected chi connectivity index (χ3v) is 6.96. The van der Waals surface area contributed by atoms with Crippen molar-refractivity contribution in [2.45, 2.75) is 53.4 Å². The van der Waals surface area contributed by atoms with Crippen molar-refractivity contribution in [2.24, 2.45) is 11.8 Å². The van der Waals surface area contributed by atoms with E-state index in [-0.39, 0.29) is 11.3 Å². The fourth-order valence-electron chi connectivity index (χ4n) is 5.00. The fraction of sp³-hybridized carbons (Fsp3) is 0.414. The Morgan fingerprint density at radius 2 is 1.84 bits per heavy atom. The predicted octanol–water partition coefficient (Wildman–Crippen LogP) is 5.66. The van der Waals surface area contributed by atoms with E-state index in [0.717, 1.165) is 41.3 Å². The monoisotopic (exact) mass is 513 g/mol. The summed E-state index contributed by atoms with van der Waals surface area (Å²) < 4.78 is 7.09. The van der Waals surface area contributed by atoms with Crippen molar-refractivity contribution >= 4 is 17.4 Å². The molecule has 4 heterocycles.